The van der Waals surface area contributed by atoms with Crippen molar-refractivity contribution >= 4 is 11.7 Å². The summed E-state index contributed by atoms with van der Waals surface area (Å²) in [5.41, 5.74) is -0.250. The number of Topliss-reactive ketones (excluding diaryl/α,β-unsaturated/α-hetero) is 1. The van der Waals surface area contributed by atoms with Gasteiger partial charge < -0.3 is 4.90 Å². The normalized spacial score (nSPS) is 17.5. The maximum atomic E-state index is 12.0. The van der Waals surface area contributed by atoms with Crippen molar-refractivity contribution in [1.29, 1.82) is 0 Å². The van der Waals surface area contributed by atoms with Crippen molar-refractivity contribution in [2.24, 2.45) is 5.41 Å². The van der Waals surface area contributed by atoms with E-state index in [-0.39, 0.29) is 5.41 Å². The molecule has 0 spiro atoms. The molecule has 0 saturated carbocycles. The number of hydrogen-bond donors (Lipinski definition) is 0. The number of hydrogen-bond acceptors (Lipinski definition) is 5. The van der Waals surface area contributed by atoms with Crippen molar-refractivity contribution in [1.82, 2.24) is 14.9 Å². The predicted molar refractivity (Wildman–Crippen MR) is 75.1 cm³/mol. The summed E-state index contributed by atoms with van der Waals surface area (Å²) in [7, 11) is 0. The van der Waals surface area contributed by atoms with Crippen LogP contribution in [-0.4, -0.2) is 53.4 Å². The van der Waals surface area contributed by atoms with E-state index in [0.29, 0.717) is 12.3 Å². The standard InChI is InChI=1S/C14H22N4O/c1-14(2,3)12(19)11-17-7-9-18(10-8-17)13-15-5-4-6-16-13/h4-6H,7-11H2,1-3H3. The van der Waals surface area contributed by atoms with Gasteiger partial charge in [0.05, 0.1) is 6.54 Å². The van der Waals surface area contributed by atoms with Gasteiger partial charge in [0.15, 0.2) is 5.78 Å². The van der Waals surface area contributed by atoms with Crippen LogP contribution in [0, 0.1) is 5.41 Å². The van der Waals surface area contributed by atoms with Crippen molar-refractivity contribution < 1.29 is 4.79 Å². The largest absolute Gasteiger partial charge is 0.338 e. The van der Waals surface area contributed by atoms with Gasteiger partial charge in [0.25, 0.3) is 0 Å². The fourth-order valence-electron chi connectivity index (χ4n) is 2.00. The molecular weight excluding hydrogens is 240 g/mol. The maximum absolute atomic E-state index is 12.0. The molecule has 0 atom stereocenters. The van der Waals surface area contributed by atoms with Gasteiger partial charge in [-0.3, -0.25) is 9.69 Å². The Morgan fingerprint density at radius 2 is 1.74 bits per heavy atom. The summed E-state index contributed by atoms with van der Waals surface area (Å²) in [6.45, 7) is 10.0. The number of ketones is 1. The minimum Gasteiger partial charge on any atom is -0.338 e. The van der Waals surface area contributed by atoms with Crippen LogP contribution < -0.4 is 4.90 Å². The second-order valence-electron chi connectivity index (χ2n) is 5.99. The average molecular weight is 262 g/mol. The molecule has 1 aliphatic rings. The second-order valence-corrected chi connectivity index (χ2v) is 5.99. The van der Waals surface area contributed by atoms with Gasteiger partial charge in [-0.05, 0) is 6.07 Å². The Morgan fingerprint density at radius 3 is 2.26 bits per heavy atom. The van der Waals surface area contributed by atoms with E-state index in [1.807, 2.05) is 26.8 Å². The molecule has 0 radical (unpaired) electrons. The van der Waals surface area contributed by atoms with E-state index >= 15 is 0 Å². The SMILES string of the molecule is CC(C)(C)C(=O)CN1CCN(c2ncccn2)CC1. The third kappa shape index (κ3) is 3.73. The lowest BCUT2D eigenvalue weighted by molar-refractivity contribution is -0.127. The van der Waals surface area contributed by atoms with Crippen molar-refractivity contribution in [2.45, 2.75) is 20.8 Å². The van der Waals surface area contributed by atoms with Crippen LogP contribution in [0.15, 0.2) is 18.5 Å². The summed E-state index contributed by atoms with van der Waals surface area (Å²) in [6, 6.07) is 1.82. The molecular formula is C14H22N4O. The number of carbonyl (C=O) groups is 1. The molecule has 0 amide bonds. The van der Waals surface area contributed by atoms with Crippen LogP contribution in [0.25, 0.3) is 0 Å². The average Bonchev–Trinajstić information content (AvgIpc) is 2.39. The van der Waals surface area contributed by atoms with Gasteiger partial charge in [-0.1, -0.05) is 20.8 Å². The van der Waals surface area contributed by atoms with Crippen LogP contribution in [0.5, 0.6) is 0 Å². The quantitative estimate of drug-likeness (QED) is 0.819. The van der Waals surface area contributed by atoms with E-state index in [2.05, 4.69) is 19.8 Å². The molecule has 1 saturated heterocycles. The Morgan fingerprint density at radius 1 is 1.16 bits per heavy atom. The third-order valence-corrected chi connectivity index (χ3v) is 3.41. The van der Waals surface area contributed by atoms with Crippen molar-refractivity contribution in [2.75, 3.05) is 37.6 Å². The van der Waals surface area contributed by atoms with Crippen LogP contribution in [0.1, 0.15) is 20.8 Å². The van der Waals surface area contributed by atoms with Crippen LogP contribution in [-0.2, 0) is 4.79 Å². The Kier molecular flexibility index (Phi) is 4.14. The highest BCUT2D eigenvalue weighted by Gasteiger charge is 2.26. The van der Waals surface area contributed by atoms with E-state index in [9.17, 15) is 4.79 Å². The van der Waals surface area contributed by atoms with E-state index < -0.39 is 0 Å². The highest BCUT2D eigenvalue weighted by atomic mass is 16.1. The molecule has 1 aliphatic heterocycles. The Bertz CT molecular complexity index is 419. The lowest BCUT2D eigenvalue weighted by Gasteiger charge is -2.35. The zero-order valence-corrected chi connectivity index (χ0v) is 12.0. The van der Waals surface area contributed by atoms with E-state index in [4.69, 9.17) is 0 Å². The smallest absolute Gasteiger partial charge is 0.225 e. The topological polar surface area (TPSA) is 49.3 Å². The van der Waals surface area contributed by atoms with Gasteiger partial charge in [-0.25, -0.2) is 9.97 Å². The van der Waals surface area contributed by atoms with Crippen molar-refractivity contribution in [3.05, 3.63) is 18.5 Å². The summed E-state index contributed by atoms with van der Waals surface area (Å²) < 4.78 is 0. The van der Waals surface area contributed by atoms with E-state index in [1.54, 1.807) is 12.4 Å². The number of anilines is 1. The fourth-order valence-corrected chi connectivity index (χ4v) is 2.00. The Labute approximate surface area is 114 Å². The summed E-state index contributed by atoms with van der Waals surface area (Å²) in [6.07, 6.45) is 3.52. The van der Waals surface area contributed by atoms with Crippen LogP contribution >= 0.6 is 0 Å². The first-order valence-electron chi connectivity index (χ1n) is 6.74. The number of piperazine rings is 1. The molecule has 0 N–H and O–H groups in total. The molecule has 5 heteroatoms. The molecule has 2 heterocycles. The molecule has 0 aliphatic carbocycles. The minimum absolute atomic E-state index is 0.250. The molecule has 1 aromatic rings. The molecule has 0 bridgehead atoms. The molecule has 1 aromatic heterocycles. The molecule has 2 rings (SSSR count). The fraction of sp³-hybridized carbons (Fsp3) is 0.643. The minimum atomic E-state index is -0.250. The van der Waals surface area contributed by atoms with Crippen LogP contribution in [0.4, 0.5) is 5.95 Å². The molecule has 19 heavy (non-hydrogen) atoms. The number of carbonyl (C=O) groups excluding carboxylic acids is 1. The first-order chi connectivity index (χ1) is 8.97. The molecule has 0 unspecified atom stereocenters. The highest BCUT2D eigenvalue weighted by molar-refractivity contribution is 5.85. The molecule has 0 aromatic carbocycles. The lowest BCUT2D eigenvalue weighted by atomic mass is 9.90. The van der Waals surface area contributed by atoms with Gasteiger partial charge in [0, 0.05) is 44.0 Å². The number of nitrogens with zero attached hydrogens (tertiary/aromatic N) is 4. The highest BCUT2D eigenvalue weighted by Crippen LogP contribution is 2.16. The first-order valence-corrected chi connectivity index (χ1v) is 6.74. The zero-order chi connectivity index (χ0) is 13.9. The molecule has 5 nitrogen and oxygen atoms in total. The number of aromatic nitrogens is 2. The van der Waals surface area contributed by atoms with E-state index in [1.165, 1.54) is 0 Å². The monoisotopic (exact) mass is 262 g/mol. The summed E-state index contributed by atoms with van der Waals surface area (Å²) in [4.78, 5) is 24.9. The molecule has 1 fully saturated rings. The third-order valence-electron chi connectivity index (χ3n) is 3.41. The maximum Gasteiger partial charge on any atom is 0.225 e. The van der Waals surface area contributed by atoms with Crippen LogP contribution in [0.2, 0.25) is 0 Å². The zero-order valence-electron chi connectivity index (χ0n) is 12.0. The van der Waals surface area contributed by atoms with Crippen molar-refractivity contribution in [3.8, 4) is 0 Å². The Balaban J connectivity index is 1.85. The van der Waals surface area contributed by atoms with Gasteiger partial charge in [-0.2, -0.15) is 0 Å². The van der Waals surface area contributed by atoms with Crippen LogP contribution in [0.3, 0.4) is 0 Å². The van der Waals surface area contributed by atoms with Gasteiger partial charge in [0.1, 0.15) is 0 Å². The lowest BCUT2D eigenvalue weighted by Crippen LogP contribution is -2.49. The Hall–Kier alpha value is -1.49. The summed E-state index contributed by atoms with van der Waals surface area (Å²) in [5.74, 6) is 1.08. The van der Waals surface area contributed by atoms with Gasteiger partial charge in [-0.15, -0.1) is 0 Å². The number of rotatable bonds is 3. The molecule has 104 valence electrons. The van der Waals surface area contributed by atoms with E-state index in [0.717, 1.165) is 32.1 Å². The van der Waals surface area contributed by atoms with Gasteiger partial charge in [0.2, 0.25) is 5.95 Å². The predicted octanol–water partition coefficient (Wildman–Crippen LogP) is 1.21. The van der Waals surface area contributed by atoms with Gasteiger partial charge >= 0.3 is 0 Å². The first kappa shape index (κ1) is 13.9. The summed E-state index contributed by atoms with van der Waals surface area (Å²) in [5, 5.41) is 0. The second kappa shape index (κ2) is 5.65. The van der Waals surface area contributed by atoms with Crippen molar-refractivity contribution in [3.63, 3.8) is 0 Å². The summed E-state index contributed by atoms with van der Waals surface area (Å²) >= 11 is 0.